The van der Waals surface area contributed by atoms with E-state index in [1.54, 1.807) is 12.1 Å². The van der Waals surface area contributed by atoms with Crippen molar-refractivity contribution in [2.45, 2.75) is 13.0 Å². The van der Waals surface area contributed by atoms with Gasteiger partial charge in [0.1, 0.15) is 11.6 Å². The first kappa shape index (κ1) is 13.9. The summed E-state index contributed by atoms with van der Waals surface area (Å²) >= 11 is 6.13. The zero-order valence-electron chi connectivity index (χ0n) is 10.3. The highest BCUT2D eigenvalue weighted by Gasteiger charge is 2.19. The maximum Gasteiger partial charge on any atom is 0.128 e. The molecule has 0 bridgehead atoms. The average Bonchev–Trinajstić information content (AvgIpc) is 2.36. The summed E-state index contributed by atoms with van der Waals surface area (Å²) in [6.07, 6.45) is 0. The van der Waals surface area contributed by atoms with Crippen LogP contribution in [0.4, 0.5) is 8.78 Å². The van der Waals surface area contributed by atoms with Crippen molar-refractivity contribution < 1.29 is 8.78 Å². The minimum atomic E-state index is -0.705. The molecule has 2 aromatic carbocycles. The third kappa shape index (κ3) is 2.92. The van der Waals surface area contributed by atoms with Gasteiger partial charge >= 0.3 is 0 Å². The van der Waals surface area contributed by atoms with Crippen molar-refractivity contribution in [3.05, 3.63) is 69.7 Å². The summed E-state index contributed by atoms with van der Waals surface area (Å²) in [6.45, 7) is 1.89. The van der Waals surface area contributed by atoms with Crippen molar-refractivity contribution in [3.63, 3.8) is 0 Å². The molecular weight excluding hydrogens is 270 g/mol. The minimum absolute atomic E-state index is 0.119. The van der Waals surface area contributed by atoms with Gasteiger partial charge in [-0.1, -0.05) is 23.7 Å². The first-order valence-corrected chi connectivity index (χ1v) is 6.08. The standard InChI is InChI=1S/C14H13ClF2N2/c1-8-2-4-10(12(15)6-8)14(19-18)11-7-9(16)3-5-13(11)17/h2-7,14,19H,18H2,1H3. The number of benzene rings is 2. The van der Waals surface area contributed by atoms with Crippen molar-refractivity contribution in [3.8, 4) is 0 Å². The molecule has 0 aliphatic carbocycles. The van der Waals surface area contributed by atoms with Crippen LogP contribution in [0.3, 0.4) is 0 Å². The fraction of sp³-hybridized carbons (Fsp3) is 0.143. The second-order valence-electron chi connectivity index (χ2n) is 4.29. The molecule has 3 N–H and O–H groups in total. The summed E-state index contributed by atoms with van der Waals surface area (Å²) in [7, 11) is 0. The molecule has 2 nitrogen and oxygen atoms in total. The van der Waals surface area contributed by atoms with Gasteiger partial charge in [0.25, 0.3) is 0 Å². The Bertz CT molecular complexity index is 602. The van der Waals surface area contributed by atoms with Crippen LogP contribution in [0, 0.1) is 18.6 Å². The number of hydrazine groups is 1. The van der Waals surface area contributed by atoms with E-state index in [0.29, 0.717) is 10.6 Å². The third-order valence-corrected chi connectivity index (χ3v) is 3.23. The lowest BCUT2D eigenvalue weighted by molar-refractivity contribution is 0.545. The van der Waals surface area contributed by atoms with Crippen molar-refractivity contribution in [2.75, 3.05) is 0 Å². The smallest absolute Gasteiger partial charge is 0.128 e. The van der Waals surface area contributed by atoms with Gasteiger partial charge in [-0.15, -0.1) is 0 Å². The number of nitrogens with one attached hydrogen (secondary N) is 1. The number of nitrogens with two attached hydrogens (primary N) is 1. The molecule has 2 aromatic rings. The normalized spacial score (nSPS) is 12.5. The van der Waals surface area contributed by atoms with Crippen LogP contribution >= 0.6 is 11.6 Å². The molecule has 0 aliphatic rings. The molecule has 0 amide bonds. The molecule has 0 heterocycles. The van der Waals surface area contributed by atoms with Crippen LogP contribution in [0.1, 0.15) is 22.7 Å². The van der Waals surface area contributed by atoms with Gasteiger partial charge in [-0.25, -0.2) is 14.2 Å². The molecule has 19 heavy (non-hydrogen) atoms. The van der Waals surface area contributed by atoms with Crippen LogP contribution in [-0.4, -0.2) is 0 Å². The lowest BCUT2D eigenvalue weighted by Gasteiger charge is -2.19. The molecule has 2 rings (SSSR count). The largest absolute Gasteiger partial charge is 0.271 e. The number of aryl methyl sites for hydroxylation is 1. The Balaban J connectivity index is 2.52. The summed E-state index contributed by atoms with van der Waals surface area (Å²) in [5.41, 5.74) is 4.16. The van der Waals surface area contributed by atoms with Gasteiger partial charge in [0.2, 0.25) is 0 Å². The molecule has 0 fully saturated rings. The fourth-order valence-electron chi connectivity index (χ4n) is 1.95. The predicted molar refractivity (Wildman–Crippen MR) is 71.7 cm³/mol. The molecular formula is C14H13ClF2N2. The van der Waals surface area contributed by atoms with E-state index in [1.165, 1.54) is 0 Å². The van der Waals surface area contributed by atoms with Crippen LogP contribution in [0.25, 0.3) is 0 Å². The van der Waals surface area contributed by atoms with Crippen LogP contribution in [0.5, 0.6) is 0 Å². The van der Waals surface area contributed by atoms with E-state index < -0.39 is 17.7 Å². The minimum Gasteiger partial charge on any atom is -0.271 e. The first-order valence-electron chi connectivity index (χ1n) is 5.70. The summed E-state index contributed by atoms with van der Waals surface area (Å²) in [6, 6.07) is 7.85. The number of hydrogen-bond acceptors (Lipinski definition) is 2. The number of hydrogen-bond donors (Lipinski definition) is 2. The monoisotopic (exact) mass is 282 g/mol. The zero-order chi connectivity index (χ0) is 14.0. The zero-order valence-corrected chi connectivity index (χ0v) is 11.0. The Hall–Kier alpha value is -1.49. The van der Waals surface area contributed by atoms with E-state index in [4.69, 9.17) is 17.4 Å². The maximum absolute atomic E-state index is 13.8. The quantitative estimate of drug-likeness (QED) is 0.668. The second kappa shape index (κ2) is 5.65. The Morgan fingerprint density at radius 2 is 1.84 bits per heavy atom. The van der Waals surface area contributed by atoms with Gasteiger partial charge in [-0.2, -0.15) is 0 Å². The van der Waals surface area contributed by atoms with E-state index >= 15 is 0 Å². The SMILES string of the molecule is Cc1ccc(C(NN)c2cc(F)ccc2F)c(Cl)c1. The van der Waals surface area contributed by atoms with E-state index in [2.05, 4.69) is 5.43 Å². The summed E-state index contributed by atoms with van der Waals surface area (Å²) in [4.78, 5) is 0. The Kier molecular flexibility index (Phi) is 4.14. The molecule has 5 heteroatoms. The summed E-state index contributed by atoms with van der Waals surface area (Å²) in [5.74, 6) is 4.40. The van der Waals surface area contributed by atoms with Crippen molar-refractivity contribution in [1.29, 1.82) is 0 Å². The van der Waals surface area contributed by atoms with Crippen LogP contribution in [0.15, 0.2) is 36.4 Å². The predicted octanol–water partition coefficient (Wildman–Crippen LogP) is 3.48. The van der Waals surface area contributed by atoms with Gasteiger partial charge in [0.05, 0.1) is 6.04 Å². The van der Waals surface area contributed by atoms with E-state index in [-0.39, 0.29) is 5.56 Å². The molecule has 0 aliphatic heterocycles. The van der Waals surface area contributed by atoms with Crippen molar-refractivity contribution in [2.24, 2.45) is 5.84 Å². The number of halogens is 3. The van der Waals surface area contributed by atoms with Crippen LogP contribution in [0.2, 0.25) is 5.02 Å². The van der Waals surface area contributed by atoms with Crippen molar-refractivity contribution in [1.82, 2.24) is 5.43 Å². The molecule has 0 radical (unpaired) electrons. The lowest BCUT2D eigenvalue weighted by Crippen LogP contribution is -2.29. The average molecular weight is 283 g/mol. The molecule has 1 atom stereocenters. The topological polar surface area (TPSA) is 38.0 Å². The Morgan fingerprint density at radius 1 is 1.11 bits per heavy atom. The molecule has 100 valence electrons. The molecule has 0 aromatic heterocycles. The molecule has 0 saturated carbocycles. The lowest BCUT2D eigenvalue weighted by atomic mass is 9.97. The summed E-state index contributed by atoms with van der Waals surface area (Å²) in [5, 5.41) is 0.451. The van der Waals surface area contributed by atoms with E-state index in [9.17, 15) is 8.78 Å². The first-order chi connectivity index (χ1) is 9.02. The Morgan fingerprint density at radius 3 is 2.47 bits per heavy atom. The highest BCUT2D eigenvalue weighted by atomic mass is 35.5. The molecule has 0 spiro atoms. The highest BCUT2D eigenvalue weighted by Crippen LogP contribution is 2.30. The van der Waals surface area contributed by atoms with E-state index in [1.807, 2.05) is 13.0 Å². The summed E-state index contributed by atoms with van der Waals surface area (Å²) < 4.78 is 27.1. The van der Waals surface area contributed by atoms with Crippen molar-refractivity contribution >= 4 is 11.6 Å². The maximum atomic E-state index is 13.8. The van der Waals surface area contributed by atoms with Gasteiger partial charge < -0.3 is 0 Å². The van der Waals surface area contributed by atoms with E-state index in [0.717, 1.165) is 23.8 Å². The molecule has 0 saturated heterocycles. The fourth-order valence-corrected chi connectivity index (χ4v) is 2.29. The van der Waals surface area contributed by atoms with Crippen LogP contribution < -0.4 is 11.3 Å². The molecule has 1 unspecified atom stereocenters. The number of rotatable bonds is 3. The van der Waals surface area contributed by atoms with Gasteiger partial charge in [-0.05, 0) is 42.3 Å². The third-order valence-electron chi connectivity index (χ3n) is 2.90. The second-order valence-corrected chi connectivity index (χ2v) is 4.70. The highest BCUT2D eigenvalue weighted by molar-refractivity contribution is 6.31. The van der Waals surface area contributed by atoms with Gasteiger partial charge in [-0.3, -0.25) is 5.84 Å². The van der Waals surface area contributed by atoms with Gasteiger partial charge in [0.15, 0.2) is 0 Å². The van der Waals surface area contributed by atoms with Crippen LogP contribution in [-0.2, 0) is 0 Å². The van der Waals surface area contributed by atoms with Gasteiger partial charge in [0, 0.05) is 10.6 Å². The Labute approximate surface area is 115 Å².